The third-order valence-corrected chi connectivity index (χ3v) is 4.13. The smallest absolute Gasteiger partial charge is 0.222 e. The van der Waals surface area contributed by atoms with E-state index in [-0.39, 0.29) is 12.5 Å². The van der Waals surface area contributed by atoms with Crippen LogP contribution in [-0.2, 0) is 4.79 Å². The molecule has 3 nitrogen and oxygen atoms in total. The van der Waals surface area contributed by atoms with E-state index in [1.165, 1.54) is 32.1 Å². The summed E-state index contributed by atoms with van der Waals surface area (Å²) in [5.74, 6) is 1.15. The Morgan fingerprint density at radius 3 is 2.47 bits per heavy atom. The van der Waals surface area contributed by atoms with E-state index in [0.717, 1.165) is 25.2 Å². The number of aliphatic hydroxyl groups excluding tert-OH is 1. The quantitative estimate of drug-likeness (QED) is 0.740. The number of aliphatic hydroxyl groups is 1. The molecule has 0 radical (unpaired) electrons. The molecule has 2 rings (SSSR count). The Kier molecular flexibility index (Phi) is 4.84. The molecule has 2 saturated carbocycles. The first-order valence-corrected chi connectivity index (χ1v) is 7.21. The van der Waals surface area contributed by atoms with E-state index in [2.05, 4.69) is 0 Å². The van der Waals surface area contributed by atoms with E-state index in [1.807, 2.05) is 4.90 Å². The molecule has 0 saturated heterocycles. The van der Waals surface area contributed by atoms with Crippen molar-refractivity contribution >= 4 is 5.91 Å². The standard InChI is InChI=1S/C14H25NO2/c16-11-10-15(13-8-9-13)14(17)7-3-6-12-4-1-2-5-12/h12-13,16H,1-11H2. The summed E-state index contributed by atoms with van der Waals surface area (Å²) in [4.78, 5) is 13.9. The van der Waals surface area contributed by atoms with Gasteiger partial charge in [-0.2, -0.15) is 0 Å². The molecule has 0 aromatic carbocycles. The fourth-order valence-corrected chi connectivity index (χ4v) is 2.99. The highest BCUT2D eigenvalue weighted by molar-refractivity contribution is 5.76. The molecular formula is C14H25NO2. The molecule has 1 N–H and O–H groups in total. The van der Waals surface area contributed by atoms with Gasteiger partial charge in [0, 0.05) is 19.0 Å². The molecule has 0 aliphatic heterocycles. The number of carbonyl (C=O) groups excluding carboxylic acids is 1. The Labute approximate surface area is 104 Å². The summed E-state index contributed by atoms with van der Waals surface area (Å²) in [5, 5.41) is 8.97. The monoisotopic (exact) mass is 239 g/mol. The third kappa shape index (κ3) is 3.98. The lowest BCUT2D eigenvalue weighted by Crippen LogP contribution is -2.35. The van der Waals surface area contributed by atoms with E-state index in [9.17, 15) is 4.79 Å². The van der Waals surface area contributed by atoms with Gasteiger partial charge in [-0.1, -0.05) is 25.7 Å². The molecular weight excluding hydrogens is 214 g/mol. The van der Waals surface area contributed by atoms with Gasteiger partial charge in [0.25, 0.3) is 0 Å². The normalized spacial score (nSPS) is 20.8. The summed E-state index contributed by atoms with van der Waals surface area (Å²) in [6.07, 6.45) is 10.7. The van der Waals surface area contributed by atoms with Gasteiger partial charge in [0.1, 0.15) is 0 Å². The molecule has 2 aliphatic carbocycles. The van der Waals surface area contributed by atoms with Crippen LogP contribution in [-0.4, -0.2) is 35.1 Å². The topological polar surface area (TPSA) is 40.5 Å². The molecule has 98 valence electrons. The zero-order valence-corrected chi connectivity index (χ0v) is 10.7. The van der Waals surface area contributed by atoms with E-state index in [1.54, 1.807) is 0 Å². The first kappa shape index (κ1) is 12.9. The molecule has 1 amide bonds. The van der Waals surface area contributed by atoms with Gasteiger partial charge in [-0.05, 0) is 31.6 Å². The Balaban J connectivity index is 1.64. The number of carbonyl (C=O) groups is 1. The predicted octanol–water partition coefficient (Wildman–Crippen LogP) is 2.33. The van der Waals surface area contributed by atoms with E-state index in [4.69, 9.17) is 5.11 Å². The lowest BCUT2D eigenvalue weighted by molar-refractivity contribution is -0.132. The van der Waals surface area contributed by atoms with Gasteiger partial charge in [-0.15, -0.1) is 0 Å². The van der Waals surface area contributed by atoms with E-state index in [0.29, 0.717) is 19.0 Å². The average molecular weight is 239 g/mol. The van der Waals surface area contributed by atoms with Gasteiger partial charge in [0.05, 0.1) is 6.61 Å². The van der Waals surface area contributed by atoms with E-state index < -0.39 is 0 Å². The van der Waals surface area contributed by atoms with E-state index >= 15 is 0 Å². The fraction of sp³-hybridized carbons (Fsp3) is 0.929. The molecule has 0 atom stereocenters. The highest BCUT2D eigenvalue weighted by Crippen LogP contribution is 2.30. The van der Waals surface area contributed by atoms with Gasteiger partial charge < -0.3 is 10.0 Å². The fourth-order valence-electron chi connectivity index (χ4n) is 2.99. The van der Waals surface area contributed by atoms with Gasteiger partial charge in [-0.25, -0.2) is 0 Å². The van der Waals surface area contributed by atoms with Gasteiger partial charge in [0.2, 0.25) is 5.91 Å². The molecule has 0 heterocycles. The third-order valence-electron chi connectivity index (χ3n) is 4.13. The van der Waals surface area contributed by atoms with Crippen molar-refractivity contribution in [2.45, 2.75) is 63.8 Å². The van der Waals surface area contributed by atoms with Crippen molar-refractivity contribution in [2.24, 2.45) is 5.92 Å². The van der Waals surface area contributed by atoms with Crippen molar-refractivity contribution in [1.29, 1.82) is 0 Å². The first-order chi connectivity index (χ1) is 8.31. The minimum absolute atomic E-state index is 0.102. The Morgan fingerprint density at radius 2 is 1.88 bits per heavy atom. The average Bonchev–Trinajstić information content (AvgIpc) is 3.03. The van der Waals surface area contributed by atoms with Crippen LogP contribution in [0.25, 0.3) is 0 Å². The molecule has 17 heavy (non-hydrogen) atoms. The maximum Gasteiger partial charge on any atom is 0.222 e. The number of rotatable bonds is 7. The highest BCUT2D eigenvalue weighted by atomic mass is 16.3. The summed E-state index contributed by atoms with van der Waals surface area (Å²) >= 11 is 0. The summed E-state index contributed by atoms with van der Waals surface area (Å²) in [6.45, 7) is 0.637. The maximum absolute atomic E-state index is 12.0. The number of hydrogen-bond acceptors (Lipinski definition) is 2. The second-order valence-electron chi connectivity index (χ2n) is 5.58. The molecule has 0 spiro atoms. The molecule has 0 aromatic heterocycles. The Bertz CT molecular complexity index is 245. The summed E-state index contributed by atoms with van der Waals surface area (Å²) in [5.41, 5.74) is 0. The maximum atomic E-state index is 12.0. The number of amides is 1. The number of nitrogens with zero attached hydrogens (tertiary/aromatic N) is 1. The van der Waals surface area contributed by atoms with Crippen LogP contribution in [0.1, 0.15) is 57.8 Å². The van der Waals surface area contributed by atoms with Gasteiger partial charge in [-0.3, -0.25) is 4.79 Å². The zero-order valence-electron chi connectivity index (χ0n) is 10.7. The largest absolute Gasteiger partial charge is 0.395 e. The molecule has 3 heteroatoms. The molecule has 2 aliphatic rings. The molecule has 0 unspecified atom stereocenters. The van der Waals surface area contributed by atoms with Crippen LogP contribution in [0, 0.1) is 5.92 Å². The second kappa shape index (κ2) is 6.39. The number of hydrogen-bond donors (Lipinski definition) is 1. The summed E-state index contributed by atoms with van der Waals surface area (Å²) in [6, 6.07) is 0.445. The van der Waals surface area contributed by atoms with Gasteiger partial charge >= 0.3 is 0 Å². The molecule has 0 aromatic rings. The minimum Gasteiger partial charge on any atom is -0.395 e. The lowest BCUT2D eigenvalue weighted by Gasteiger charge is -2.21. The van der Waals surface area contributed by atoms with Crippen LogP contribution >= 0.6 is 0 Å². The molecule has 0 bridgehead atoms. The summed E-state index contributed by atoms with van der Waals surface area (Å²) < 4.78 is 0. The molecule has 2 fully saturated rings. The summed E-state index contributed by atoms with van der Waals surface area (Å²) in [7, 11) is 0. The van der Waals surface area contributed by atoms with Crippen molar-refractivity contribution in [3.05, 3.63) is 0 Å². The Morgan fingerprint density at radius 1 is 1.18 bits per heavy atom. The minimum atomic E-state index is 0.102. The van der Waals surface area contributed by atoms with Crippen LogP contribution in [0.2, 0.25) is 0 Å². The van der Waals surface area contributed by atoms with Crippen LogP contribution in [0.4, 0.5) is 0 Å². The second-order valence-corrected chi connectivity index (χ2v) is 5.58. The first-order valence-electron chi connectivity index (χ1n) is 7.21. The lowest BCUT2D eigenvalue weighted by atomic mass is 10.0. The predicted molar refractivity (Wildman–Crippen MR) is 67.6 cm³/mol. The van der Waals surface area contributed by atoms with Crippen LogP contribution < -0.4 is 0 Å². The SMILES string of the molecule is O=C(CCCC1CCCC1)N(CCO)C1CC1. The Hall–Kier alpha value is -0.570. The van der Waals surface area contributed by atoms with Crippen molar-refractivity contribution < 1.29 is 9.90 Å². The highest BCUT2D eigenvalue weighted by Gasteiger charge is 2.31. The zero-order chi connectivity index (χ0) is 12.1. The van der Waals surface area contributed by atoms with Crippen molar-refractivity contribution in [3.8, 4) is 0 Å². The van der Waals surface area contributed by atoms with Gasteiger partial charge in [0.15, 0.2) is 0 Å². The van der Waals surface area contributed by atoms with Crippen LogP contribution in [0.15, 0.2) is 0 Å². The van der Waals surface area contributed by atoms with Crippen LogP contribution in [0.3, 0.4) is 0 Å². The van der Waals surface area contributed by atoms with Crippen molar-refractivity contribution in [3.63, 3.8) is 0 Å². The van der Waals surface area contributed by atoms with Crippen molar-refractivity contribution in [1.82, 2.24) is 4.90 Å². The van der Waals surface area contributed by atoms with Crippen LogP contribution in [0.5, 0.6) is 0 Å². The van der Waals surface area contributed by atoms with Crippen molar-refractivity contribution in [2.75, 3.05) is 13.2 Å².